The van der Waals surface area contributed by atoms with Crippen LogP contribution in [0.4, 0.5) is 4.39 Å². The number of esters is 1. The van der Waals surface area contributed by atoms with Gasteiger partial charge >= 0.3 is 5.97 Å². The van der Waals surface area contributed by atoms with E-state index in [4.69, 9.17) is 9.47 Å². The third-order valence-corrected chi connectivity index (χ3v) is 3.94. The van der Waals surface area contributed by atoms with E-state index < -0.39 is 5.82 Å². The highest BCUT2D eigenvalue weighted by Crippen LogP contribution is 2.18. The normalized spacial score (nSPS) is 10.5. The monoisotopic (exact) mass is 354 g/mol. The third kappa shape index (κ3) is 4.47. The molecule has 0 N–H and O–H groups in total. The van der Waals surface area contributed by atoms with Gasteiger partial charge in [-0.15, -0.1) is 0 Å². The maximum atomic E-state index is 13.6. The number of benzene rings is 2. The van der Waals surface area contributed by atoms with Crippen LogP contribution in [0.5, 0.6) is 5.75 Å². The third-order valence-electron chi connectivity index (χ3n) is 3.94. The number of hydrogen-bond acceptors (Lipinski definition) is 4. The van der Waals surface area contributed by atoms with Crippen LogP contribution in [-0.4, -0.2) is 22.9 Å². The zero-order chi connectivity index (χ0) is 18.4. The fourth-order valence-electron chi connectivity index (χ4n) is 2.51. The van der Waals surface area contributed by atoms with E-state index in [0.717, 1.165) is 16.8 Å². The van der Waals surface area contributed by atoms with Gasteiger partial charge < -0.3 is 9.47 Å². The van der Waals surface area contributed by atoms with Gasteiger partial charge in [0.05, 0.1) is 12.8 Å². The molecule has 1 aromatic heterocycles. The summed E-state index contributed by atoms with van der Waals surface area (Å²) in [4.78, 5) is 11.9. The van der Waals surface area contributed by atoms with E-state index in [2.05, 4.69) is 5.10 Å². The van der Waals surface area contributed by atoms with Crippen LogP contribution in [0.15, 0.2) is 60.9 Å². The van der Waals surface area contributed by atoms with Crippen molar-refractivity contribution in [2.24, 2.45) is 0 Å². The zero-order valence-electron chi connectivity index (χ0n) is 14.4. The first-order valence-electron chi connectivity index (χ1n) is 8.23. The average molecular weight is 354 g/mol. The first-order valence-corrected chi connectivity index (χ1v) is 8.23. The molecular weight excluding hydrogens is 335 g/mol. The number of halogens is 1. The van der Waals surface area contributed by atoms with Crippen molar-refractivity contribution >= 4 is 5.97 Å². The lowest BCUT2D eigenvalue weighted by atomic mass is 10.1. The average Bonchev–Trinajstić information content (AvgIpc) is 3.20. The number of carbonyl (C=O) groups is 1. The second-order valence-corrected chi connectivity index (χ2v) is 5.75. The Morgan fingerprint density at radius 3 is 2.58 bits per heavy atom. The number of rotatable bonds is 7. The van der Waals surface area contributed by atoms with Gasteiger partial charge in [-0.1, -0.05) is 18.2 Å². The largest absolute Gasteiger partial charge is 0.494 e. The number of aryl methyl sites for hydroxylation is 1. The maximum absolute atomic E-state index is 13.6. The van der Waals surface area contributed by atoms with Gasteiger partial charge in [-0.05, 0) is 47.9 Å². The summed E-state index contributed by atoms with van der Waals surface area (Å²) in [5, 5.41) is 4.16. The van der Waals surface area contributed by atoms with Crippen molar-refractivity contribution in [3.05, 3.63) is 77.9 Å². The van der Waals surface area contributed by atoms with Crippen molar-refractivity contribution in [1.29, 1.82) is 0 Å². The predicted octanol–water partition coefficient (Wildman–Crippen LogP) is 3.70. The summed E-state index contributed by atoms with van der Waals surface area (Å²) in [5.74, 6) is -0.567. The quantitative estimate of drug-likeness (QED) is 0.607. The molecule has 0 atom stereocenters. The van der Waals surface area contributed by atoms with E-state index in [9.17, 15) is 9.18 Å². The molecule has 0 aliphatic carbocycles. The van der Waals surface area contributed by atoms with Crippen molar-refractivity contribution in [3.8, 4) is 11.4 Å². The summed E-state index contributed by atoms with van der Waals surface area (Å²) in [6.45, 7) is 0.204. The van der Waals surface area contributed by atoms with Crippen molar-refractivity contribution < 1.29 is 18.7 Å². The molecule has 3 aromatic rings. The Morgan fingerprint density at radius 2 is 1.92 bits per heavy atom. The number of nitrogens with zero attached hydrogens (tertiary/aromatic N) is 2. The summed E-state index contributed by atoms with van der Waals surface area (Å²) >= 11 is 0. The van der Waals surface area contributed by atoms with E-state index in [1.807, 2.05) is 36.5 Å². The fraction of sp³-hybridized carbons (Fsp3) is 0.200. The van der Waals surface area contributed by atoms with Gasteiger partial charge in [0.2, 0.25) is 0 Å². The number of aromatic nitrogens is 2. The highest BCUT2D eigenvalue weighted by Gasteiger charge is 2.08. The molecule has 0 saturated carbocycles. The molecule has 0 spiro atoms. The molecule has 2 aromatic carbocycles. The van der Waals surface area contributed by atoms with Gasteiger partial charge in [0.1, 0.15) is 6.61 Å². The van der Waals surface area contributed by atoms with Gasteiger partial charge in [0, 0.05) is 18.8 Å². The molecule has 0 amide bonds. The van der Waals surface area contributed by atoms with Crippen molar-refractivity contribution in [2.75, 3.05) is 7.11 Å². The number of methoxy groups -OCH3 is 1. The topological polar surface area (TPSA) is 53.4 Å². The molecule has 0 unspecified atom stereocenters. The standard InChI is InChI=1S/C20H19FN2O3/c1-25-19-9-5-15(13-18(19)21)6-10-20(24)26-14-16-3-7-17(8-4-16)23-12-2-11-22-23/h2-5,7-9,11-13H,6,10,14H2,1H3. The van der Waals surface area contributed by atoms with E-state index in [1.165, 1.54) is 13.2 Å². The van der Waals surface area contributed by atoms with Crippen LogP contribution in [0.3, 0.4) is 0 Å². The molecular formula is C20H19FN2O3. The minimum absolute atomic E-state index is 0.190. The van der Waals surface area contributed by atoms with Crippen LogP contribution in [0.2, 0.25) is 0 Å². The van der Waals surface area contributed by atoms with Gasteiger partial charge in [-0.25, -0.2) is 9.07 Å². The Kier molecular flexibility index (Phi) is 5.63. The summed E-state index contributed by atoms with van der Waals surface area (Å²) in [6, 6.07) is 14.1. The minimum Gasteiger partial charge on any atom is -0.494 e. The first kappa shape index (κ1) is 17.7. The second kappa shape index (κ2) is 8.29. The molecule has 3 rings (SSSR count). The van der Waals surface area contributed by atoms with Crippen LogP contribution in [-0.2, 0) is 22.6 Å². The Balaban J connectivity index is 1.47. The molecule has 6 heteroatoms. The molecule has 1 heterocycles. The predicted molar refractivity (Wildman–Crippen MR) is 94.6 cm³/mol. The molecule has 134 valence electrons. The fourth-order valence-corrected chi connectivity index (χ4v) is 2.51. The summed E-state index contributed by atoms with van der Waals surface area (Å²) in [5.41, 5.74) is 2.56. The number of ether oxygens (including phenoxy) is 2. The molecule has 0 fully saturated rings. The highest BCUT2D eigenvalue weighted by molar-refractivity contribution is 5.69. The minimum atomic E-state index is -0.435. The summed E-state index contributed by atoms with van der Waals surface area (Å²) in [7, 11) is 1.41. The molecule has 0 saturated heterocycles. The molecule has 0 radical (unpaired) electrons. The number of carbonyl (C=O) groups excluding carboxylic acids is 1. The van der Waals surface area contributed by atoms with Crippen molar-refractivity contribution in [1.82, 2.24) is 9.78 Å². The first-order chi connectivity index (χ1) is 12.7. The Hall–Kier alpha value is -3.15. The lowest BCUT2D eigenvalue weighted by Gasteiger charge is -2.07. The lowest BCUT2D eigenvalue weighted by molar-refractivity contribution is -0.144. The molecule has 5 nitrogen and oxygen atoms in total. The smallest absolute Gasteiger partial charge is 0.306 e. The van der Waals surface area contributed by atoms with Crippen LogP contribution in [0.25, 0.3) is 5.69 Å². The van der Waals surface area contributed by atoms with Crippen LogP contribution < -0.4 is 4.74 Å². The van der Waals surface area contributed by atoms with Crippen LogP contribution >= 0.6 is 0 Å². The molecule has 0 aliphatic heterocycles. The molecule has 0 bridgehead atoms. The SMILES string of the molecule is COc1ccc(CCC(=O)OCc2ccc(-n3cccn3)cc2)cc1F. The van der Waals surface area contributed by atoms with Gasteiger partial charge in [0.15, 0.2) is 11.6 Å². The lowest BCUT2D eigenvalue weighted by Crippen LogP contribution is -2.06. The van der Waals surface area contributed by atoms with E-state index in [-0.39, 0.29) is 24.7 Å². The zero-order valence-corrected chi connectivity index (χ0v) is 14.4. The van der Waals surface area contributed by atoms with Crippen molar-refractivity contribution in [2.45, 2.75) is 19.4 Å². The highest BCUT2D eigenvalue weighted by atomic mass is 19.1. The van der Waals surface area contributed by atoms with Gasteiger partial charge in [-0.3, -0.25) is 4.79 Å². The summed E-state index contributed by atoms with van der Waals surface area (Å²) in [6.07, 6.45) is 4.18. The van der Waals surface area contributed by atoms with Gasteiger partial charge in [0.25, 0.3) is 0 Å². The van der Waals surface area contributed by atoms with Crippen LogP contribution in [0, 0.1) is 5.82 Å². The van der Waals surface area contributed by atoms with E-state index in [1.54, 1.807) is 23.0 Å². The van der Waals surface area contributed by atoms with Crippen LogP contribution in [0.1, 0.15) is 17.5 Å². The maximum Gasteiger partial charge on any atom is 0.306 e. The van der Waals surface area contributed by atoms with E-state index in [0.29, 0.717) is 6.42 Å². The Bertz CT molecular complexity index is 861. The van der Waals surface area contributed by atoms with E-state index >= 15 is 0 Å². The Labute approximate surface area is 151 Å². The second-order valence-electron chi connectivity index (χ2n) is 5.75. The Morgan fingerprint density at radius 1 is 1.15 bits per heavy atom. The molecule has 26 heavy (non-hydrogen) atoms. The van der Waals surface area contributed by atoms with Crippen molar-refractivity contribution in [3.63, 3.8) is 0 Å². The number of hydrogen-bond donors (Lipinski definition) is 0. The van der Waals surface area contributed by atoms with Gasteiger partial charge in [-0.2, -0.15) is 5.10 Å². The summed E-state index contributed by atoms with van der Waals surface area (Å²) < 4.78 is 25.5. The molecule has 0 aliphatic rings.